The summed E-state index contributed by atoms with van der Waals surface area (Å²) in [6, 6.07) is 0. The summed E-state index contributed by atoms with van der Waals surface area (Å²) in [5.41, 5.74) is 1.51. The zero-order valence-corrected chi connectivity index (χ0v) is 14.6. The number of amides is 1. The van der Waals surface area contributed by atoms with Crippen LogP contribution in [0.15, 0.2) is 23.8 Å². The minimum atomic E-state index is -0.182. The molecular weight excluding hydrogens is 310 g/mol. The monoisotopic (exact) mass is 333 g/mol. The molecule has 7 heteroatoms. The third-order valence-corrected chi connectivity index (χ3v) is 4.27. The van der Waals surface area contributed by atoms with Crippen LogP contribution in [0.1, 0.15) is 24.5 Å². The maximum absolute atomic E-state index is 11.9. The van der Waals surface area contributed by atoms with Crippen molar-refractivity contribution < 1.29 is 4.79 Å². The Morgan fingerprint density at radius 1 is 1.43 bits per heavy atom. The standard InChI is InChI=1S/C16H23N5OS/c1-4-20(5-2)8-9-21-11-15(10-17-21)19-16(22)7-6-14-12-23-13(3)18-14/h6-7,10-12H,4-5,8-9H2,1-3H3,(H,19,22)/b7-6-. The van der Waals surface area contributed by atoms with E-state index in [1.54, 1.807) is 23.6 Å². The van der Waals surface area contributed by atoms with Crippen LogP contribution in [-0.2, 0) is 11.3 Å². The van der Waals surface area contributed by atoms with Gasteiger partial charge in [-0.05, 0) is 26.1 Å². The lowest BCUT2D eigenvalue weighted by molar-refractivity contribution is -0.111. The average molecular weight is 333 g/mol. The number of hydrogen-bond donors (Lipinski definition) is 1. The van der Waals surface area contributed by atoms with E-state index in [0.29, 0.717) is 5.69 Å². The summed E-state index contributed by atoms with van der Waals surface area (Å²) in [6.07, 6.45) is 6.72. The molecule has 6 nitrogen and oxygen atoms in total. The highest BCUT2D eigenvalue weighted by molar-refractivity contribution is 7.09. The van der Waals surface area contributed by atoms with E-state index < -0.39 is 0 Å². The van der Waals surface area contributed by atoms with Crippen molar-refractivity contribution in [3.63, 3.8) is 0 Å². The number of anilines is 1. The van der Waals surface area contributed by atoms with E-state index >= 15 is 0 Å². The van der Waals surface area contributed by atoms with Gasteiger partial charge in [-0.25, -0.2) is 4.98 Å². The van der Waals surface area contributed by atoms with Gasteiger partial charge in [-0.3, -0.25) is 9.48 Å². The molecule has 0 spiro atoms. The zero-order valence-electron chi connectivity index (χ0n) is 13.8. The number of likely N-dealkylation sites (N-methyl/N-ethyl adjacent to an activating group) is 1. The third-order valence-electron chi connectivity index (χ3n) is 3.48. The van der Waals surface area contributed by atoms with Gasteiger partial charge in [0.05, 0.1) is 29.1 Å². The number of nitrogens with one attached hydrogen (secondary N) is 1. The first-order valence-corrected chi connectivity index (χ1v) is 8.64. The second-order valence-corrected chi connectivity index (χ2v) is 6.20. The summed E-state index contributed by atoms with van der Waals surface area (Å²) in [5, 5.41) is 9.99. The second-order valence-electron chi connectivity index (χ2n) is 5.13. The van der Waals surface area contributed by atoms with Gasteiger partial charge >= 0.3 is 0 Å². The topological polar surface area (TPSA) is 63.0 Å². The smallest absolute Gasteiger partial charge is 0.248 e. The van der Waals surface area contributed by atoms with Crippen molar-refractivity contribution in [1.82, 2.24) is 19.7 Å². The van der Waals surface area contributed by atoms with Crippen LogP contribution in [0.5, 0.6) is 0 Å². The number of carbonyl (C=O) groups is 1. The number of rotatable bonds is 8. The van der Waals surface area contributed by atoms with Crippen molar-refractivity contribution in [2.45, 2.75) is 27.3 Å². The Balaban J connectivity index is 1.83. The maximum atomic E-state index is 11.9. The molecule has 23 heavy (non-hydrogen) atoms. The van der Waals surface area contributed by atoms with E-state index in [-0.39, 0.29) is 5.91 Å². The normalized spacial score (nSPS) is 11.5. The summed E-state index contributed by atoms with van der Waals surface area (Å²) in [6.45, 7) is 10.1. The van der Waals surface area contributed by atoms with Gasteiger partial charge in [0.25, 0.3) is 0 Å². The van der Waals surface area contributed by atoms with Gasteiger partial charge in [0.1, 0.15) is 0 Å². The first-order chi connectivity index (χ1) is 11.1. The van der Waals surface area contributed by atoms with Gasteiger partial charge in [0, 0.05) is 24.2 Å². The summed E-state index contributed by atoms with van der Waals surface area (Å²) < 4.78 is 1.85. The summed E-state index contributed by atoms with van der Waals surface area (Å²) in [7, 11) is 0. The molecule has 0 fully saturated rings. The number of aryl methyl sites for hydroxylation is 1. The fourth-order valence-corrected chi connectivity index (χ4v) is 2.72. The molecule has 1 N–H and O–H groups in total. The van der Waals surface area contributed by atoms with Crippen molar-refractivity contribution in [3.8, 4) is 0 Å². The minimum absolute atomic E-state index is 0.182. The molecule has 1 amide bonds. The van der Waals surface area contributed by atoms with Gasteiger partial charge in [0.15, 0.2) is 0 Å². The Labute approximate surface area is 140 Å². The fourth-order valence-electron chi connectivity index (χ4n) is 2.14. The Bertz CT molecular complexity index is 657. The molecule has 0 aliphatic rings. The number of aromatic nitrogens is 3. The molecule has 2 heterocycles. The lowest BCUT2D eigenvalue weighted by atomic mass is 10.4. The van der Waals surface area contributed by atoms with Gasteiger partial charge in [-0.2, -0.15) is 5.10 Å². The van der Waals surface area contributed by atoms with Gasteiger partial charge in [-0.15, -0.1) is 11.3 Å². The molecule has 0 saturated carbocycles. The van der Waals surface area contributed by atoms with Crippen LogP contribution in [0.25, 0.3) is 6.08 Å². The predicted octanol–water partition coefficient (Wildman–Crippen LogP) is 2.64. The Morgan fingerprint density at radius 2 is 2.22 bits per heavy atom. The molecule has 0 aliphatic carbocycles. The van der Waals surface area contributed by atoms with E-state index in [2.05, 4.69) is 34.1 Å². The molecule has 0 unspecified atom stereocenters. The molecule has 2 rings (SSSR count). The van der Waals surface area contributed by atoms with Gasteiger partial charge < -0.3 is 10.2 Å². The molecule has 0 aliphatic heterocycles. The van der Waals surface area contributed by atoms with Crippen LogP contribution in [-0.4, -0.2) is 45.2 Å². The molecule has 0 aromatic carbocycles. The predicted molar refractivity (Wildman–Crippen MR) is 94.5 cm³/mol. The molecule has 2 aromatic rings. The largest absolute Gasteiger partial charge is 0.320 e. The van der Waals surface area contributed by atoms with Crippen molar-refractivity contribution >= 4 is 29.0 Å². The van der Waals surface area contributed by atoms with Crippen molar-refractivity contribution in [1.29, 1.82) is 0 Å². The lowest BCUT2D eigenvalue weighted by Crippen LogP contribution is -2.27. The Kier molecular flexibility index (Phi) is 6.49. The third kappa shape index (κ3) is 5.61. The summed E-state index contributed by atoms with van der Waals surface area (Å²) in [5.74, 6) is -0.182. The van der Waals surface area contributed by atoms with Crippen molar-refractivity contribution in [2.24, 2.45) is 0 Å². The van der Waals surface area contributed by atoms with Gasteiger partial charge in [0.2, 0.25) is 5.91 Å². The number of carbonyl (C=O) groups excluding carboxylic acids is 1. The SMILES string of the molecule is CCN(CC)CCn1cc(NC(=O)/C=C\c2csc(C)n2)cn1. The molecule has 2 aromatic heterocycles. The Morgan fingerprint density at radius 3 is 2.87 bits per heavy atom. The van der Waals surface area contributed by atoms with E-state index in [9.17, 15) is 4.79 Å². The molecule has 124 valence electrons. The van der Waals surface area contributed by atoms with E-state index in [1.165, 1.54) is 6.08 Å². The maximum Gasteiger partial charge on any atom is 0.248 e. The Hall–Kier alpha value is -1.99. The molecule has 0 bridgehead atoms. The fraction of sp³-hybridized carbons (Fsp3) is 0.438. The molecular formula is C16H23N5OS. The quantitative estimate of drug-likeness (QED) is 0.754. The van der Waals surface area contributed by atoms with E-state index in [1.807, 2.05) is 23.2 Å². The first-order valence-electron chi connectivity index (χ1n) is 7.76. The van der Waals surface area contributed by atoms with Crippen LogP contribution in [0, 0.1) is 6.92 Å². The number of nitrogens with zero attached hydrogens (tertiary/aromatic N) is 4. The zero-order chi connectivity index (χ0) is 16.7. The highest BCUT2D eigenvalue weighted by Crippen LogP contribution is 2.10. The van der Waals surface area contributed by atoms with Crippen molar-refractivity contribution in [3.05, 3.63) is 34.6 Å². The first kappa shape index (κ1) is 17.4. The minimum Gasteiger partial charge on any atom is -0.320 e. The molecule has 0 radical (unpaired) electrons. The highest BCUT2D eigenvalue weighted by atomic mass is 32.1. The van der Waals surface area contributed by atoms with E-state index in [0.717, 1.165) is 36.9 Å². The second kappa shape index (κ2) is 8.59. The number of hydrogen-bond acceptors (Lipinski definition) is 5. The summed E-state index contributed by atoms with van der Waals surface area (Å²) >= 11 is 1.56. The van der Waals surface area contributed by atoms with E-state index in [4.69, 9.17) is 0 Å². The van der Waals surface area contributed by atoms with Crippen LogP contribution >= 0.6 is 11.3 Å². The van der Waals surface area contributed by atoms with Crippen LogP contribution < -0.4 is 5.32 Å². The highest BCUT2D eigenvalue weighted by Gasteiger charge is 2.04. The van der Waals surface area contributed by atoms with Crippen LogP contribution in [0.4, 0.5) is 5.69 Å². The molecule has 0 saturated heterocycles. The van der Waals surface area contributed by atoms with Crippen LogP contribution in [0.2, 0.25) is 0 Å². The number of thiazole rings is 1. The van der Waals surface area contributed by atoms with Gasteiger partial charge in [-0.1, -0.05) is 13.8 Å². The van der Waals surface area contributed by atoms with Crippen molar-refractivity contribution in [2.75, 3.05) is 25.0 Å². The summed E-state index contributed by atoms with van der Waals surface area (Å²) in [4.78, 5) is 18.5. The lowest BCUT2D eigenvalue weighted by Gasteiger charge is -2.17. The average Bonchev–Trinajstić information content (AvgIpc) is 3.15. The molecule has 0 atom stereocenters. The van der Waals surface area contributed by atoms with Crippen LogP contribution in [0.3, 0.4) is 0 Å².